The van der Waals surface area contributed by atoms with Crippen LogP contribution in [0.2, 0.25) is 0 Å². The molecule has 2 aliphatic rings. The van der Waals surface area contributed by atoms with E-state index in [1.165, 1.54) is 11.8 Å². The second kappa shape index (κ2) is 7.48. The summed E-state index contributed by atoms with van der Waals surface area (Å²) in [5, 5.41) is 14.6. The minimum atomic E-state index is -0.126. The number of likely N-dealkylation sites (tertiary alicyclic amines) is 2. The number of aryl methyl sites for hydroxylation is 1. The lowest BCUT2D eigenvalue weighted by Gasteiger charge is -2.54. The number of carbonyl (C=O) groups excluding carboxylic acids is 1. The second-order valence-corrected chi connectivity index (χ2v) is 7.79. The van der Waals surface area contributed by atoms with Crippen LogP contribution in [0.25, 0.3) is 0 Å². The Morgan fingerprint density at radius 1 is 1.41 bits per heavy atom. The number of aliphatic hydroxyl groups is 1. The molecule has 1 N–H and O–H groups in total. The van der Waals surface area contributed by atoms with Gasteiger partial charge in [-0.3, -0.25) is 14.4 Å². The quantitative estimate of drug-likeness (QED) is 0.869. The molecule has 2 atom stereocenters. The van der Waals surface area contributed by atoms with E-state index in [0.29, 0.717) is 18.8 Å². The van der Waals surface area contributed by atoms with E-state index in [4.69, 9.17) is 4.42 Å². The number of carbonyl (C=O) groups is 1. The molecule has 4 heterocycles. The van der Waals surface area contributed by atoms with Crippen LogP contribution in [-0.2, 0) is 13.1 Å². The monoisotopic (exact) mass is 372 g/mol. The molecule has 2 fully saturated rings. The number of rotatable bonds is 5. The zero-order valence-corrected chi connectivity index (χ0v) is 15.9. The Bertz CT molecular complexity index is 772. The summed E-state index contributed by atoms with van der Waals surface area (Å²) in [6.45, 7) is 6.18. The predicted molar refractivity (Wildman–Crippen MR) is 100 cm³/mol. The molecular weight excluding hydrogens is 344 g/mol. The number of aromatic nitrogens is 2. The predicted octanol–water partition coefficient (Wildman–Crippen LogP) is 1.99. The number of furan rings is 1. The second-order valence-electron chi connectivity index (χ2n) is 7.79. The average molecular weight is 372 g/mol. The van der Waals surface area contributed by atoms with Crippen LogP contribution < -0.4 is 0 Å². The Morgan fingerprint density at radius 3 is 3.00 bits per heavy atom. The first-order valence-corrected chi connectivity index (χ1v) is 9.84. The van der Waals surface area contributed by atoms with Gasteiger partial charge in [0.2, 0.25) is 0 Å². The van der Waals surface area contributed by atoms with Gasteiger partial charge in [-0.15, -0.1) is 0 Å². The van der Waals surface area contributed by atoms with Crippen LogP contribution in [0.5, 0.6) is 0 Å². The number of nitrogens with zero attached hydrogens (tertiary/aromatic N) is 4. The maximum Gasteiger partial charge on any atom is 0.289 e. The molecule has 2 aliphatic heterocycles. The van der Waals surface area contributed by atoms with Gasteiger partial charge in [-0.25, -0.2) is 0 Å². The molecule has 0 bridgehead atoms. The normalized spacial score (nSPS) is 26.1. The van der Waals surface area contributed by atoms with Gasteiger partial charge < -0.3 is 14.4 Å². The molecular formula is C20H28N4O3. The van der Waals surface area contributed by atoms with Crippen molar-refractivity contribution < 1.29 is 14.3 Å². The van der Waals surface area contributed by atoms with Gasteiger partial charge in [-0.1, -0.05) is 0 Å². The van der Waals surface area contributed by atoms with Crippen LogP contribution in [0.15, 0.2) is 35.2 Å². The Labute approximate surface area is 159 Å². The van der Waals surface area contributed by atoms with Gasteiger partial charge in [-0.05, 0) is 44.9 Å². The topological polar surface area (TPSA) is 74.7 Å². The van der Waals surface area contributed by atoms with Crippen molar-refractivity contribution in [3.8, 4) is 0 Å². The third-order valence-corrected chi connectivity index (χ3v) is 6.27. The van der Waals surface area contributed by atoms with E-state index in [1.807, 2.05) is 15.8 Å². The molecule has 0 spiro atoms. The Morgan fingerprint density at radius 2 is 2.30 bits per heavy atom. The Kier molecular flexibility index (Phi) is 5.06. The summed E-state index contributed by atoms with van der Waals surface area (Å²) < 4.78 is 7.25. The summed E-state index contributed by atoms with van der Waals surface area (Å²) in [5.41, 5.74) is 1.05. The van der Waals surface area contributed by atoms with E-state index >= 15 is 0 Å². The number of aliphatic hydroxyl groups excluding tert-OH is 1. The van der Waals surface area contributed by atoms with Crippen LogP contribution in [0.4, 0.5) is 0 Å². The van der Waals surface area contributed by atoms with E-state index in [2.05, 4.69) is 23.1 Å². The fourth-order valence-electron chi connectivity index (χ4n) is 4.69. The highest BCUT2D eigenvalue weighted by atomic mass is 16.3. The van der Waals surface area contributed by atoms with E-state index < -0.39 is 0 Å². The van der Waals surface area contributed by atoms with Crippen molar-refractivity contribution in [2.75, 3.05) is 26.2 Å². The molecule has 4 rings (SSSR count). The summed E-state index contributed by atoms with van der Waals surface area (Å²) in [5.74, 6) is 0.328. The van der Waals surface area contributed by atoms with Gasteiger partial charge in [0, 0.05) is 49.4 Å². The highest BCUT2D eigenvalue weighted by molar-refractivity contribution is 5.91. The van der Waals surface area contributed by atoms with Crippen molar-refractivity contribution >= 4 is 5.91 Å². The van der Waals surface area contributed by atoms with Crippen LogP contribution in [0, 0.1) is 5.41 Å². The summed E-state index contributed by atoms with van der Waals surface area (Å²) in [6, 6.07) is 3.61. The molecule has 7 heteroatoms. The number of hydrogen-bond donors (Lipinski definition) is 1. The standard InChI is InChI=1S/C20H28N4O3/c1-2-24-13-16(11-21-24)12-22-8-4-6-20(15-25)7-9-23(14-18(20)22)19(26)17-5-3-10-27-17/h3,5,10-11,13,18,25H,2,4,6-9,12,14-15H2,1H3/t18-,20-/m1/s1. The molecule has 0 radical (unpaired) electrons. The average Bonchev–Trinajstić information content (AvgIpc) is 3.39. The Balaban J connectivity index is 1.54. The number of fused-ring (bicyclic) bond motifs is 1. The van der Waals surface area contributed by atoms with Crippen molar-refractivity contribution in [3.63, 3.8) is 0 Å². The first-order valence-electron chi connectivity index (χ1n) is 9.84. The highest BCUT2D eigenvalue weighted by Gasteiger charge is 2.48. The van der Waals surface area contributed by atoms with E-state index in [1.54, 1.807) is 12.1 Å². The fourth-order valence-corrected chi connectivity index (χ4v) is 4.69. The summed E-state index contributed by atoms with van der Waals surface area (Å²) >= 11 is 0. The summed E-state index contributed by atoms with van der Waals surface area (Å²) in [7, 11) is 0. The lowest BCUT2D eigenvalue weighted by molar-refractivity contribution is -0.0730. The molecule has 0 aliphatic carbocycles. The molecule has 7 nitrogen and oxygen atoms in total. The van der Waals surface area contributed by atoms with Crippen molar-refractivity contribution in [2.24, 2.45) is 5.41 Å². The fraction of sp³-hybridized carbons (Fsp3) is 0.600. The molecule has 0 unspecified atom stereocenters. The minimum absolute atomic E-state index is 0.0594. The van der Waals surface area contributed by atoms with E-state index in [0.717, 1.165) is 38.9 Å². The van der Waals surface area contributed by atoms with E-state index in [-0.39, 0.29) is 24.0 Å². The third kappa shape index (κ3) is 3.41. The van der Waals surface area contributed by atoms with Gasteiger partial charge in [0.05, 0.1) is 19.1 Å². The summed E-state index contributed by atoms with van der Waals surface area (Å²) in [6.07, 6.45) is 8.46. The number of amides is 1. The van der Waals surface area contributed by atoms with Crippen LogP contribution in [0.1, 0.15) is 42.3 Å². The molecule has 0 aromatic carbocycles. The molecule has 0 saturated carbocycles. The molecule has 2 aromatic heterocycles. The van der Waals surface area contributed by atoms with Gasteiger partial charge in [-0.2, -0.15) is 5.10 Å². The number of piperidine rings is 2. The first-order chi connectivity index (χ1) is 13.1. The molecule has 146 valence electrons. The smallest absolute Gasteiger partial charge is 0.289 e. The molecule has 1 amide bonds. The van der Waals surface area contributed by atoms with Crippen molar-refractivity contribution in [1.29, 1.82) is 0 Å². The van der Waals surface area contributed by atoms with E-state index in [9.17, 15) is 9.90 Å². The van der Waals surface area contributed by atoms with Crippen LogP contribution in [0.3, 0.4) is 0 Å². The lowest BCUT2D eigenvalue weighted by Crippen LogP contribution is -2.63. The maximum absolute atomic E-state index is 12.8. The number of hydrogen-bond acceptors (Lipinski definition) is 5. The van der Waals surface area contributed by atoms with Gasteiger partial charge in [0.15, 0.2) is 5.76 Å². The zero-order chi connectivity index (χ0) is 18.9. The van der Waals surface area contributed by atoms with Crippen molar-refractivity contribution in [2.45, 2.75) is 45.3 Å². The first kappa shape index (κ1) is 18.3. The summed E-state index contributed by atoms with van der Waals surface area (Å²) in [4.78, 5) is 17.1. The van der Waals surface area contributed by atoms with Crippen LogP contribution >= 0.6 is 0 Å². The Hall–Kier alpha value is -2.12. The van der Waals surface area contributed by atoms with Crippen molar-refractivity contribution in [1.82, 2.24) is 19.6 Å². The largest absolute Gasteiger partial charge is 0.459 e. The molecule has 2 aromatic rings. The minimum Gasteiger partial charge on any atom is -0.459 e. The highest BCUT2D eigenvalue weighted by Crippen LogP contribution is 2.42. The van der Waals surface area contributed by atoms with Crippen LogP contribution in [-0.4, -0.2) is 62.9 Å². The molecule has 2 saturated heterocycles. The van der Waals surface area contributed by atoms with Gasteiger partial charge >= 0.3 is 0 Å². The SMILES string of the molecule is CCn1cc(CN2CCC[C@]3(CO)CCN(C(=O)c4ccco4)C[C@@H]23)cn1. The lowest BCUT2D eigenvalue weighted by atomic mass is 9.69. The van der Waals surface area contributed by atoms with Gasteiger partial charge in [0.1, 0.15) is 0 Å². The zero-order valence-electron chi connectivity index (χ0n) is 15.9. The third-order valence-electron chi connectivity index (χ3n) is 6.27. The van der Waals surface area contributed by atoms with Crippen molar-refractivity contribution in [3.05, 3.63) is 42.1 Å². The molecule has 27 heavy (non-hydrogen) atoms. The maximum atomic E-state index is 12.8. The van der Waals surface area contributed by atoms with Gasteiger partial charge in [0.25, 0.3) is 5.91 Å².